The van der Waals surface area contributed by atoms with Crippen LogP contribution < -0.4 is 5.32 Å². The van der Waals surface area contributed by atoms with Gasteiger partial charge in [-0.25, -0.2) is 9.18 Å². The maximum absolute atomic E-state index is 13.2. The molecule has 1 amide bonds. The van der Waals surface area contributed by atoms with E-state index < -0.39 is 23.7 Å². The third-order valence-corrected chi connectivity index (χ3v) is 2.74. The summed E-state index contributed by atoms with van der Waals surface area (Å²) >= 11 is 3.00. The van der Waals surface area contributed by atoms with E-state index in [-0.39, 0.29) is 6.42 Å². The third-order valence-electron chi connectivity index (χ3n) is 2.10. The molecule has 0 aliphatic rings. The summed E-state index contributed by atoms with van der Waals surface area (Å²) < 4.78 is 13.5. The van der Waals surface area contributed by atoms with E-state index >= 15 is 0 Å². The Morgan fingerprint density at radius 3 is 2.65 bits per heavy atom. The molecule has 6 heteroatoms. The summed E-state index contributed by atoms with van der Waals surface area (Å²) in [6.45, 7) is 1.23. The van der Waals surface area contributed by atoms with E-state index in [0.29, 0.717) is 10.0 Å². The van der Waals surface area contributed by atoms with Gasteiger partial charge in [-0.2, -0.15) is 0 Å². The van der Waals surface area contributed by atoms with Gasteiger partial charge in [0.2, 0.25) is 5.91 Å². The fourth-order valence-electron chi connectivity index (χ4n) is 1.35. The minimum absolute atomic E-state index is 0.0408. The standard InChI is InChI=1S/C11H11BrFNO3/c1-6(15)14-10(11(16)17)5-7-2-3-8(12)9(13)4-7/h2-4,10H,5H2,1H3,(H,14,15)(H,16,17). The van der Waals surface area contributed by atoms with Gasteiger partial charge in [0.15, 0.2) is 0 Å². The largest absolute Gasteiger partial charge is 0.480 e. The molecular weight excluding hydrogens is 293 g/mol. The van der Waals surface area contributed by atoms with Gasteiger partial charge in [0.05, 0.1) is 4.47 Å². The molecule has 2 N–H and O–H groups in total. The molecule has 0 radical (unpaired) electrons. The van der Waals surface area contributed by atoms with Crippen LogP contribution in [0.2, 0.25) is 0 Å². The van der Waals surface area contributed by atoms with Gasteiger partial charge in [0.1, 0.15) is 11.9 Å². The van der Waals surface area contributed by atoms with Gasteiger partial charge in [0, 0.05) is 13.3 Å². The van der Waals surface area contributed by atoms with Gasteiger partial charge in [0.25, 0.3) is 0 Å². The highest BCUT2D eigenvalue weighted by atomic mass is 79.9. The Bertz CT molecular complexity index is 450. The molecule has 0 aromatic heterocycles. The van der Waals surface area contributed by atoms with Crippen LogP contribution in [0.25, 0.3) is 0 Å². The van der Waals surface area contributed by atoms with Gasteiger partial charge >= 0.3 is 5.97 Å². The zero-order valence-corrected chi connectivity index (χ0v) is 10.6. The van der Waals surface area contributed by atoms with Crippen molar-refractivity contribution in [3.05, 3.63) is 34.1 Å². The number of benzene rings is 1. The summed E-state index contributed by atoms with van der Waals surface area (Å²) in [4.78, 5) is 21.7. The molecule has 0 saturated carbocycles. The van der Waals surface area contributed by atoms with Crippen molar-refractivity contribution in [2.24, 2.45) is 0 Å². The van der Waals surface area contributed by atoms with Crippen LogP contribution in [0, 0.1) is 5.82 Å². The fraction of sp³-hybridized carbons (Fsp3) is 0.273. The average molecular weight is 304 g/mol. The lowest BCUT2D eigenvalue weighted by Gasteiger charge is -2.13. The number of carbonyl (C=O) groups excluding carboxylic acids is 1. The summed E-state index contributed by atoms with van der Waals surface area (Å²) in [6, 6.07) is 3.29. The van der Waals surface area contributed by atoms with E-state index in [1.54, 1.807) is 6.07 Å². The van der Waals surface area contributed by atoms with Gasteiger partial charge in [-0.3, -0.25) is 4.79 Å². The number of rotatable bonds is 4. The first-order valence-corrected chi connectivity index (χ1v) is 5.63. The number of halogens is 2. The van der Waals surface area contributed by atoms with E-state index in [4.69, 9.17) is 5.11 Å². The van der Waals surface area contributed by atoms with Crippen LogP contribution in [0.15, 0.2) is 22.7 Å². The Labute approximate surface area is 106 Å². The molecule has 0 saturated heterocycles. The molecule has 0 bridgehead atoms. The molecule has 0 spiro atoms. The van der Waals surface area contributed by atoms with Crippen molar-refractivity contribution in [3.8, 4) is 0 Å². The van der Waals surface area contributed by atoms with Crippen molar-refractivity contribution in [2.75, 3.05) is 0 Å². The highest BCUT2D eigenvalue weighted by molar-refractivity contribution is 9.10. The Kier molecular flexibility index (Phi) is 4.62. The monoisotopic (exact) mass is 303 g/mol. The molecular formula is C11H11BrFNO3. The molecule has 1 aromatic carbocycles. The predicted octanol–water partition coefficient (Wildman–Crippen LogP) is 1.72. The highest BCUT2D eigenvalue weighted by Gasteiger charge is 2.19. The number of carbonyl (C=O) groups is 2. The smallest absolute Gasteiger partial charge is 0.326 e. The van der Waals surface area contributed by atoms with Crippen LogP contribution >= 0.6 is 15.9 Å². The Morgan fingerprint density at radius 2 is 2.18 bits per heavy atom. The predicted molar refractivity (Wildman–Crippen MR) is 63.0 cm³/mol. The number of aliphatic carboxylic acids is 1. The lowest BCUT2D eigenvalue weighted by atomic mass is 10.1. The summed E-state index contributed by atoms with van der Waals surface area (Å²) in [5, 5.41) is 11.2. The second-order valence-electron chi connectivity index (χ2n) is 3.54. The second kappa shape index (κ2) is 5.77. The van der Waals surface area contributed by atoms with Crippen LogP contribution in [0.5, 0.6) is 0 Å². The molecule has 1 rings (SSSR count). The summed E-state index contributed by atoms with van der Waals surface area (Å²) in [5.41, 5.74) is 0.506. The number of nitrogens with one attached hydrogen (secondary N) is 1. The van der Waals surface area contributed by atoms with Crippen LogP contribution in [-0.2, 0) is 16.0 Å². The van der Waals surface area contributed by atoms with Crippen molar-refractivity contribution in [1.29, 1.82) is 0 Å². The minimum Gasteiger partial charge on any atom is -0.480 e. The SMILES string of the molecule is CC(=O)NC(Cc1ccc(Br)c(F)c1)C(=O)O. The molecule has 1 aromatic rings. The van der Waals surface area contributed by atoms with E-state index in [1.165, 1.54) is 19.1 Å². The lowest BCUT2D eigenvalue weighted by Crippen LogP contribution is -2.41. The number of carboxylic acids is 1. The van der Waals surface area contributed by atoms with Crippen molar-refractivity contribution >= 4 is 27.8 Å². The highest BCUT2D eigenvalue weighted by Crippen LogP contribution is 2.17. The average Bonchev–Trinajstić information content (AvgIpc) is 2.21. The van der Waals surface area contributed by atoms with Crippen LogP contribution in [0.1, 0.15) is 12.5 Å². The van der Waals surface area contributed by atoms with Gasteiger partial charge in [-0.05, 0) is 33.6 Å². The normalized spacial score (nSPS) is 11.9. The molecule has 0 fully saturated rings. The lowest BCUT2D eigenvalue weighted by molar-refractivity contribution is -0.141. The Balaban J connectivity index is 2.82. The summed E-state index contributed by atoms with van der Waals surface area (Å²) in [7, 11) is 0. The van der Waals surface area contributed by atoms with Crippen LogP contribution in [0.3, 0.4) is 0 Å². The zero-order valence-electron chi connectivity index (χ0n) is 9.04. The first-order valence-electron chi connectivity index (χ1n) is 4.84. The van der Waals surface area contributed by atoms with E-state index in [2.05, 4.69) is 21.2 Å². The minimum atomic E-state index is -1.15. The zero-order chi connectivity index (χ0) is 13.0. The quantitative estimate of drug-likeness (QED) is 0.890. The Hall–Kier alpha value is -1.43. The van der Waals surface area contributed by atoms with Gasteiger partial charge in [-0.1, -0.05) is 6.07 Å². The van der Waals surface area contributed by atoms with Crippen LogP contribution in [0.4, 0.5) is 4.39 Å². The van der Waals surface area contributed by atoms with E-state index in [0.717, 1.165) is 0 Å². The van der Waals surface area contributed by atoms with Crippen molar-refractivity contribution < 1.29 is 19.1 Å². The molecule has 92 valence electrons. The maximum Gasteiger partial charge on any atom is 0.326 e. The number of carboxylic acid groups (broad SMARTS) is 1. The Morgan fingerprint density at radius 1 is 1.53 bits per heavy atom. The van der Waals surface area contributed by atoms with E-state index in [1.807, 2.05) is 0 Å². The summed E-state index contributed by atoms with van der Waals surface area (Å²) in [5.74, 6) is -2.05. The first kappa shape index (κ1) is 13.6. The molecule has 0 aliphatic carbocycles. The molecule has 0 heterocycles. The van der Waals surface area contributed by atoms with Gasteiger partial charge < -0.3 is 10.4 Å². The summed E-state index contributed by atoms with van der Waals surface area (Å²) in [6.07, 6.45) is 0.0408. The molecule has 1 atom stereocenters. The fourth-order valence-corrected chi connectivity index (χ4v) is 1.59. The second-order valence-corrected chi connectivity index (χ2v) is 4.40. The third kappa shape index (κ3) is 4.14. The van der Waals surface area contributed by atoms with Crippen LogP contribution in [-0.4, -0.2) is 23.0 Å². The molecule has 17 heavy (non-hydrogen) atoms. The molecule has 4 nitrogen and oxygen atoms in total. The van der Waals surface area contributed by atoms with Gasteiger partial charge in [-0.15, -0.1) is 0 Å². The van der Waals surface area contributed by atoms with Crippen molar-refractivity contribution in [2.45, 2.75) is 19.4 Å². The number of hydrogen-bond acceptors (Lipinski definition) is 2. The van der Waals surface area contributed by atoms with Crippen molar-refractivity contribution in [1.82, 2.24) is 5.32 Å². The van der Waals surface area contributed by atoms with E-state index in [9.17, 15) is 14.0 Å². The first-order chi connectivity index (χ1) is 7.90. The molecule has 1 unspecified atom stereocenters. The number of amides is 1. The topological polar surface area (TPSA) is 66.4 Å². The maximum atomic E-state index is 13.2. The number of hydrogen-bond donors (Lipinski definition) is 2. The van der Waals surface area contributed by atoms with Crippen molar-refractivity contribution in [3.63, 3.8) is 0 Å². The molecule has 0 aliphatic heterocycles.